The van der Waals surface area contributed by atoms with E-state index in [-0.39, 0.29) is 33.7 Å². The fraction of sp³-hybridized carbons (Fsp3) is 0.0500. The largest absolute Gasteiger partial charge is 0.494 e. The molecule has 4 aromatic rings. The van der Waals surface area contributed by atoms with Crippen LogP contribution < -0.4 is 5.32 Å². The summed E-state index contributed by atoms with van der Waals surface area (Å²) < 4.78 is 41.0. The molecule has 4 rings (SSSR count). The van der Waals surface area contributed by atoms with Crippen molar-refractivity contribution in [2.45, 2.75) is 6.18 Å². The molecule has 0 atom stereocenters. The molecule has 0 spiro atoms. The third kappa shape index (κ3) is 4.24. The Morgan fingerprint density at radius 1 is 1.10 bits per heavy atom. The molecule has 0 saturated carbocycles. The Hall–Kier alpha value is -3.79. The number of hydrogen-bond acceptors (Lipinski definition) is 4. The number of carbonyl (C=O) groups is 1. The fourth-order valence-corrected chi connectivity index (χ4v) is 3.10. The van der Waals surface area contributed by atoms with Gasteiger partial charge in [-0.1, -0.05) is 35.9 Å². The number of benzene rings is 2. The van der Waals surface area contributed by atoms with E-state index >= 15 is 0 Å². The molecule has 1 amide bonds. The molecule has 11 heteroatoms. The van der Waals surface area contributed by atoms with Crippen LogP contribution in [0, 0.1) is 0 Å². The maximum Gasteiger partial charge on any atom is 0.435 e. The van der Waals surface area contributed by atoms with Gasteiger partial charge in [0, 0.05) is 17.2 Å². The molecular formula is C20H13ClF3N5O2. The van der Waals surface area contributed by atoms with Crippen LogP contribution in [0.2, 0.25) is 5.02 Å². The number of nitrogens with one attached hydrogen (secondary N) is 2. The van der Waals surface area contributed by atoms with Gasteiger partial charge >= 0.3 is 6.18 Å². The standard InChI is InChI=1S/C20H13ClF3N5O2/c21-13-3-1-2-4-14(13)29-15(9-16(28-29)20(22,23)24)11-5-7-12(8-6-11)19(31)25-17-10-18(30)27-26-17/h1-10H,(H3,25,26,27,30,31). The number of nitrogens with zero attached hydrogens (tertiary/aromatic N) is 3. The second kappa shape index (κ2) is 7.80. The molecular weight excluding hydrogens is 435 g/mol. The summed E-state index contributed by atoms with van der Waals surface area (Å²) in [4.78, 5) is 12.3. The molecule has 0 fully saturated rings. The molecule has 0 unspecified atom stereocenters. The van der Waals surface area contributed by atoms with Crippen LogP contribution in [0.15, 0.2) is 60.7 Å². The molecule has 0 saturated heterocycles. The van der Waals surface area contributed by atoms with Gasteiger partial charge in [0.1, 0.15) is 0 Å². The van der Waals surface area contributed by atoms with Crippen LogP contribution in [0.1, 0.15) is 16.1 Å². The van der Waals surface area contributed by atoms with Crippen LogP contribution in [0.4, 0.5) is 19.0 Å². The van der Waals surface area contributed by atoms with Gasteiger partial charge in [-0.25, -0.2) is 9.78 Å². The van der Waals surface area contributed by atoms with Crippen molar-refractivity contribution in [3.63, 3.8) is 0 Å². The van der Waals surface area contributed by atoms with E-state index < -0.39 is 17.8 Å². The van der Waals surface area contributed by atoms with Crippen LogP contribution in [-0.4, -0.2) is 31.0 Å². The lowest BCUT2D eigenvalue weighted by molar-refractivity contribution is -0.141. The summed E-state index contributed by atoms with van der Waals surface area (Å²) in [5, 5.41) is 21.6. The van der Waals surface area contributed by atoms with Gasteiger partial charge < -0.3 is 10.4 Å². The smallest absolute Gasteiger partial charge is 0.435 e. The first-order valence-electron chi connectivity index (χ1n) is 8.81. The highest BCUT2D eigenvalue weighted by Crippen LogP contribution is 2.34. The Morgan fingerprint density at radius 3 is 2.42 bits per heavy atom. The maximum atomic E-state index is 13.3. The molecule has 0 radical (unpaired) electrons. The molecule has 0 bridgehead atoms. The molecule has 158 valence electrons. The van der Waals surface area contributed by atoms with Crippen LogP contribution in [0.5, 0.6) is 5.88 Å². The summed E-state index contributed by atoms with van der Waals surface area (Å²) >= 11 is 6.17. The lowest BCUT2D eigenvalue weighted by atomic mass is 10.1. The van der Waals surface area contributed by atoms with Crippen LogP contribution in [0.25, 0.3) is 16.9 Å². The summed E-state index contributed by atoms with van der Waals surface area (Å²) in [5.74, 6) is -0.592. The maximum absolute atomic E-state index is 13.3. The number of H-pyrrole nitrogens is 1. The number of aromatic nitrogens is 4. The van der Waals surface area contributed by atoms with E-state index in [4.69, 9.17) is 11.6 Å². The lowest BCUT2D eigenvalue weighted by Gasteiger charge is -2.10. The first-order valence-corrected chi connectivity index (χ1v) is 9.18. The zero-order valence-corrected chi connectivity index (χ0v) is 16.2. The quantitative estimate of drug-likeness (QED) is 0.415. The molecule has 0 aliphatic carbocycles. The predicted molar refractivity (Wildman–Crippen MR) is 107 cm³/mol. The topological polar surface area (TPSA) is 95.8 Å². The van der Waals surface area contributed by atoms with Gasteiger partial charge in [-0.05, 0) is 30.3 Å². The minimum atomic E-state index is -4.64. The lowest BCUT2D eigenvalue weighted by Crippen LogP contribution is -2.12. The second-order valence-electron chi connectivity index (χ2n) is 6.45. The van der Waals surface area contributed by atoms with Gasteiger partial charge in [0.15, 0.2) is 11.5 Å². The van der Waals surface area contributed by atoms with E-state index in [1.807, 2.05) is 0 Å². The number of anilines is 1. The van der Waals surface area contributed by atoms with Crippen molar-refractivity contribution in [1.29, 1.82) is 0 Å². The van der Waals surface area contributed by atoms with E-state index in [0.717, 1.165) is 10.7 Å². The highest BCUT2D eigenvalue weighted by Gasteiger charge is 2.35. The van der Waals surface area contributed by atoms with E-state index in [2.05, 4.69) is 20.6 Å². The van der Waals surface area contributed by atoms with E-state index in [0.29, 0.717) is 5.56 Å². The Kier molecular flexibility index (Phi) is 5.15. The fourth-order valence-electron chi connectivity index (χ4n) is 2.89. The van der Waals surface area contributed by atoms with Crippen molar-refractivity contribution in [3.05, 3.63) is 76.9 Å². The highest BCUT2D eigenvalue weighted by atomic mass is 35.5. The van der Waals surface area contributed by atoms with Gasteiger partial charge in [-0.3, -0.25) is 4.79 Å². The SMILES string of the molecule is O=C(Nc1cc(O)[nH]n1)c1ccc(-c2cc(C(F)(F)F)nn2-c2ccccc2Cl)cc1. The number of aromatic amines is 1. The van der Waals surface area contributed by atoms with Crippen LogP contribution in [0.3, 0.4) is 0 Å². The summed E-state index contributed by atoms with van der Waals surface area (Å²) in [6.07, 6.45) is -4.64. The average molecular weight is 448 g/mol. The Balaban J connectivity index is 1.69. The molecule has 2 aromatic carbocycles. The van der Waals surface area contributed by atoms with Crippen LogP contribution >= 0.6 is 11.6 Å². The third-order valence-electron chi connectivity index (χ3n) is 4.33. The number of hydrogen-bond donors (Lipinski definition) is 3. The molecule has 0 aliphatic heterocycles. The molecule has 0 aliphatic rings. The normalized spacial score (nSPS) is 11.5. The zero-order chi connectivity index (χ0) is 22.2. The molecule has 2 heterocycles. The number of rotatable bonds is 4. The summed E-state index contributed by atoms with van der Waals surface area (Å²) in [7, 11) is 0. The van der Waals surface area contributed by atoms with Crippen molar-refractivity contribution in [2.75, 3.05) is 5.32 Å². The Labute approximate surface area is 178 Å². The number of aromatic hydroxyl groups is 1. The Morgan fingerprint density at radius 2 is 1.81 bits per heavy atom. The number of amides is 1. The van der Waals surface area contributed by atoms with Gasteiger partial charge in [-0.15, -0.1) is 0 Å². The van der Waals surface area contributed by atoms with E-state index in [9.17, 15) is 23.1 Å². The van der Waals surface area contributed by atoms with Crippen molar-refractivity contribution in [2.24, 2.45) is 0 Å². The van der Waals surface area contributed by atoms with Crippen molar-refractivity contribution >= 4 is 23.3 Å². The van der Waals surface area contributed by atoms with E-state index in [1.165, 1.54) is 30.3 Å². The highest BCUT2D eigenvalue weighted by molar-refractivity contribution is 6.32. The summed E-state index contributed by atoms with van der Waals surface area (Å²) in [5.41, 5.74) is 0.0185. The van der Waals surface area contributed by atoms with Gasteiger partial charge in [-0.2, -0.15) is 23.4 Å². The number of halogens is 4. The van der Waals surface area contributed by atoms with Crippen LogP contribution in [-0.2, 0) is 6.18 Å². The van der Waals surface area contributed by atoms with Crippen molar-refractivity contribution in [1.82, 2.24) is 20.0 Å². The summed E-state index contributed by atoms with van der Waals surface area (Å²) in [6.45, 7) is 0. The van der Waals surface area contributed by atoms with Gasteiger partial charge in [0.25, 0.3) is 5.91 Å². The third-order valence-corrected chi connectivity index (χ3v) is 4.65. The van der Waals surface area contributed by atoms with Crippen molar-refractivity contribution in [3.8, 4) is 22.8 Å². The molecule has 7 nitrogen and oxygen atoms in total. The summed E-state index contributed by atoms with van der Waals surface area (Å²) in [6, 6.07) is 14.5. The average Bonchev–Trinajstić information content (AvgIpc) is 3.35. The first kappa shape index (κ1) is 20.5. The predicted octanol–water partition coefficient (Wildman–Crippen LogP) is 4.89. The van der Waals surface area contributed by atoms with Gasteiger partial charge in [0.2, 0.25) is 5.88 Å². The first-order chi connectivity index (χ1) is 14.7. The molecule has 3 N–H and O–H groups in total. The second-order valence-corrected chi connectivity index (χ2v) is 6.85. The minimum absolute atomic E-state index is 0.123. The van der Waals surface area contributed by atoms with E-state index in [1.54, 1.807) is 24.3 Å². The monoisotopic (exact) mass is 447 g/mol. The molecule has 2 aromatic heterocycles. The van der Waals surface area contributed by atoms with Crippen molar-refractivity contribution < 1.29 is 23.1 Å². The Bertz CT molecular complexity index is 1250. The van der Waals surface area contributed by atoms with Gasteiger partial charge in [0.05, 0.1) is 16.4 Å². The minimum Gasteiger partial charge on any atom is -0.494 e. The number of alkyl halides is 3. The number of carbonyl (C=O) groups excluding carboxylic acids is 1. The zero-order valence-electron chi connectivity index (χ0n) is 15.5. The molecule has 31 heavy (non-hydrogen) atoms. The number of para-hydroxylation sites is 1.